The summed E-state index contributed by atoms with van der Waals surface area (Å²) in [6.07, 6.45) is 15.0. The molecule has 6 rings (SSSR count). The molecule has 0 aromatic heterocycles. The minimum absolute atomic E-state index is 0.499. The molecule has 0 amide bonds. The van der Waals surface area contributed by atoms with E-state index in [0.717, 1.165) is 15.5 Å². The van der Waals surface area contributed by atoms with Crippen LogP contribution in [0.5, 0.6) is 0 Å². The van der Waals surface area contributed by atoms with Gasteiger partial charge in [0.25, 0.3) is 0 Å². The number of rotatable bonds is 5. The van der Waals surface area contributed by atoms with Crippen molar-refractivity contribution in [2.75, 3.05) is 0 Å². The number of allylic oxidation sites excluding steroid dienone is 5. The Hall–Kier alpha value is -1.82. The van der Waals surface area contributed by atoms with Crippen LogP contribution in [-0.2, 0) is 22.9 Å². The summed E-state index contributed by atoms with van der Waals surface area (Å²) in [5.41, 5.74) is 3.11. The number of hydrogen-bond donors (Lipinski definition) is 0. The van der Waals surface area contributed by atoms with Gasteiger partial charge in [0.2, 0.25) is 0 Å². The first-order chi connectivity index (χ1) is 15.9. The first-order valence-corrected chi connectivity index (χ1v) is 17.2. The van der Waals surface area contributed by atoms with Gasteiger partial charge < -0.3 is 0 Å². The van der Waals surface area contributed by atoms with Gasteiger partial charge >= 0.3 is 205 Å². The SMILES string of the molecule is C1=CC2CC[CH]([Hf][CH]3C(P(c4ccccc4)c4ccccc4)=Cc4ccccc43)C2C=C1. The van der Waals surface area contributed by atoms with E-state index in [2.05, 4.69) is 115 Å². The van der Waals surface area contributed by atoms with Crippen molar-refractivity contribution in [1.82, 2.24) is 0 Å². The van der Waals surface area contributed by atoms with E-state index in [4.69, 9.17) is 0 Å². The van der Waals surface area contributed by atoms with Crippen LogP contribution in [0.4, 0.5) is 0 Å². The average Bonchev–Trinajstić information content (AvgIpc) is 3.43. The molecule has 0 spiro atoms. The van der Waals surface area contributed by atoms with E-state index in [-0.39, 0.29) is 0 Å². The second-order valence-electron chi connectivity index (χ2n) is 9.00. The molecule has 4 atom stereocenters. The van der Waals surface area contributed by atoms with E-state index in [1.807, 2.05) is 0 Å². The van der Waals surface area contributed by atoms with Gasteiger partial charge in [0, 0.05) is 0 Å². The first kappa shape index (κ1) is 20.8. The monoisotopic (exact) mass is 598 g/mol. The van der Waals surface area contributed by atoms with Crippen LogP contribution < -0.4 is 10.6 Å². The zero-order valence-corrected chi connectivity index (χ0v) is 22.6. The van der Waals surface area contributed by atoms with E-state index in [9.17, 15) is 0 Å². The molecule has 0 heterocycles. The molecule has 3 aromatic rings. The summed E-state index contributed by atoms with van der Waals surface area (Å²) in [7, 11) is -0.499. The van der Waals surface area contributed by atoms with E-state index < -0.39 is 30.8 Å². The Morgan fingerprint density at radius 3 is 2.09 bits per heavy atom. The van der Waals surface area contributed by atoms with Gasteiger partial charge in [-0.25, -0.2) is 0 Å². The maximum atomic E-state index is 2.59. The summed E-state index contributed by atoms with van der Waals surface area (Å²) in [5, 5.41) is 4.71. The third-order valence-corrected chi connectivity index (χ3v) is 17.9. The van der Waals surface area contributed by atoms with E-state index in [0.29, 0.717) is 3.67 Å². The molecule has 156 valence electrons. The predicted molar refractivity (Wildman–Crippen MR) is 134 cm³/mol. The maximum absolute atomic E-state index is 2.59. The molecule has 1 fully saturated rings. The molecule has 1 saturated carbocycles. The zero-order valence-electron chi connectivity index (χ0n) is 18.1. The summed E-state index contributed by atoms with van der Waals surface area (Å²) in [6.45, 7) is 0. The second kappa shape index (κ2) is 9.20. The fourth-order valence-electron chi connectivity index (χ4n) is 5.64. The summed E-state index contributed by atoms with van der Waals surface area (Å²) in [6, 6.07) is 31.9. The standard InChI is InChI=1S/C21H16P.C9H11.Hf/c1-3-11-19(12-4-1)22(20-13-5-2-6-14-20)21-15-17-9-7-8-10-18(17)16-21;1-2-5-9-7-3-6-8(9)4-1;/h1-16H;1-2,4-6,8-9H,3,7H2;. The van der Waals surface area contributed by atoms with Crippen molar-refractivity contribution in [2.45, 2.75) is 20.2 Å². The van der Waals surface area contributed by atoms with Gasteiger partial charge in [-0.3, -0.25) is 0 Å². The van der Waals surface area contributed by atoms with E-state index in [1.54, 1.807) is 10.9 Å². The molecule has 0 bridgehead atoms. The predicted octanol–water partition coefficient (Wildman–Crippen LogP) is 7.24. The van der Waals surface area contributed by atoms with Gasteiger partial charge in [-0.1, -0.05) is 0 Å². The quantitative estimate of drug-likeness (QED) is 0.215. The molecule has 3 aliphatic carbocycles. The minimum atomic E-state index is -0.992. The van der Waals surface area contributed by atoms with Gasteiger partial charge in [-0.2, -0.15) is 0 Å². The van der Waals surface area contributed by atoms with Gasteiger partial charge in [0.05, 0.1) is 0 Å². The molecule has 0 N–H and O–H groups in total. The van der Waals surface area contributed by atoms with Crippen LogP contribution in [0.2, 0.25) is 3.67 Å². The number of benzene rings is 3. The van der Waals surface area contributed by atoms with Crippen molar-refractivity contribution >= 4 is 24.6 Å². The number of fused-ring (bicyclic) bond motifs is 2. The van der Waals surface area contributed by atoms with Crippen LogP contribution in [0.1, 0.15) is 27.6 Å². The summed E-state index contributed by atoms with van der Waals surface area (Å²) in [5.74, 6) is 1.60. The van der Waals surface area contributed by atoms with Crippen LogP contribution in [0.15, 0.2) is 115 Å². The van der Waals surface area contributed by atoms with Crippen molar-refractivity contribution < 1.29 is 22.9 Å². The van der Waals surface area contributed by atoms with Gasteiger partial charge in [0.1, 0.15) is 0 Å². The van der Waals surface area contributed by atoms with Crippen LogP contribution in [0.3, 0.4) is 0 Å². The van der Waals surface area contributed by atoms with Crippen molar-refractivity contribution in [1.29, 1.82) is 0 Å². The van der Waals surface area contributed by atoms with Crippen LogP contribution in [0.25, 0.3) is 6.08 Å². The first-order valence-electron chi connectivity index (χ1n) is 11.7. The summed E-state index contributed by atoms with van der Waals surface area (Å²) >= 11 is -0.992. The Bertz CT molecular complexity index is 1140. The molecular formula is C30H27HfP. The normalized spacial score (nSPS) is 25.5. The molecule has 0 radical (unpaired) electrons. The molecule has 2 heteroatoms. The third kappa shape index (κ3) is 3.89. The van der Waals surface area contributed by atoms with Gasteiger partial charge in [-0.05, 0) is 0 Å². The summed E-state index contributed by atoms with van der Waals surface area (Å²) < 4.78 is 1.67. The van der Waals surface area contributed by atoms with E-state index in [1.165, 1.54) is 29.0 Å². The number of hydrogen-bond acceptors (Lipinski definition) is 0. The second-order valence-corrected chi connectivity index (χ2v) is 17.2. The van der Waals surface area contributed by atoms with Crippen LogP contribution in [0, 0.1) is 11.8 Å². The van der Waals surface area contributed by atoms with Gasteiger partial charge in [-0.15, -0.1) is 0 Å². The fourth-order valence-corrected chi connectivity index (χ4v) is 17.5. The molecule has 0 nitrogen and oxygen atoms in total. The van der Waals surface area contributed by atoms with E-state index >= 15 is 0 Å². The zero-order chi connectivity index (χ0) is 21.3. The Morgan fingerprint density at radius 1 is 0.688 bits per heavy atom. The topological polar surface area (TPSA) is 0 Å². The molecule has 3 aromatic carbocycles. The molecule has 0 saturated heterocycles. The molecule has 0 aliphatic heterocycles. The van der Waals surface area contributed by atoms with Crippen molar-refractivity contribution in [3.63, 3.8) is 0 Å². The fraction of sp³-hybridized carbons (Fsp3) is 0.200. The molecule has 3 aliphatic rings. The average molecular weight is 597 g/mol. The van der Waals surface area contributed by atoms with Crippen LogP contribution >= 0.6 is 7.92 Å². The Balaban J connectivity index is 1.42. The third-order valence-electron chi connectivity index (χ3n) is 7.15. The molecule has 32 heavy (non-hydrogen) atoms. The van der Waals surface area contributed by atoms with Crippen molar-refractivity contribution in [2.24, 2.45) is 11.8 Å². The summed E-state index contributed by atoms with van der Waals surface area (Å²) in [4.78, 5) is 0. The molecular weight excluding hydrogens is 570 g/mol. The van der Waals surface area contributed by atoms with Gasteiger partial charge in [0.15, 0.2) is 0 Å². The van der Waals surface area contributed by atoms with Crippen LogP contribution in [-0.4, -0.2) is 0 Å². The Kier molecular flexibility index (Phi) is 5.97. The van der Waals surface area contributed by atoms with Crippen molar-refractivity contribution in [3.8, 4) is 0 Å². The Morgan fingerprint density at radius 2 is 1.34 bits per heavy atom. The Labute approximate surface area is 204 Å². The van der Waals surface area contributed by atoms with Crippen molar-refractivity contribution in [3.05, 3.63) is 126 Å². The molecule has 4 unspecified atom stereocenters.